The van der Waals surface area contributed by atoms with Gasteiger partial charge in [-0.1, -0.05) is 6.07 Å². The van der Waals surface area contributed by atoms with E-state index in [-0.39, 0.29) is 0 Å². The minimum Gasteiger partial charge on any atom is -0.497 e. The number of pyridine rings is 1. The molecular formula is C21H18N6OS. The summed E-state index contributed by atoms with van der Waals surface area (Å²) in [5, 5.41) is 6.10. The van der Waals surface area contributed by atoms with Gasteiger partial charge >= 0.3 is 0 Å². The zero-order chi connectivity index (χ0) is 19.6. The van der Waals surface area contributed by atoms with Crippen molar-refractivity contribution in [1.82, 2.24) is 19.9 Å². The lowest BCUT2D eigenvalue weighted by Gasteiger charge is -2.15. The van der Waals surface area contributed by atoms with Crippen molar-refractivity contribution in [1.29, 1.82) is 0 Å². The van der Waals surface area contributed by atoms with Gasteiger partial charge < -0.3 is 15.0 Å². The van der Waals surface area contributed by atoms with Crippen LogP contribution in [-0.4, -0.2) is 27.0 Å². The van der Waals surface area contributed by atoms with Crippen LogP contribution < -0.4 is 15.0 Å². The van der Waals surface area contributed by atoms with E-state index in [0.717, 1.165) is 41.0 Å². The maximum absolute atomic E-state index is 5.33. The molecule has 29 heavy (non-hydrogen) atoms. The number of nitrogens with one attached hydrogen (secondary N) is 1. The third-order valence-electron chi connectivity index (χ3n) is 4.78. The Morgan fingerprint density at radius 1 is 1.00 bits per heavy atom. The predicted molar refractivity (Wildman–Crippen MR) is 114 cm³/mol. The lowest BCUT2D eigenvalue weighted by Crippen LogP contribution is -2.17. The van der Waals surface area contributed by atoms with Crippen LogP contribution in [0.25, 0.3) is 11.3 Å². The fourth-order valence-corrected chi connectivity index (χ4v) is 4.03. The smallest absolute Gasteiger partial charge is 0.227 e. The highest BCUT2D eigenvalue weighted by atomic mass is 32.1. The van der Waals surface area contributed by atoms with Gasteiger partial charge in [-0.15, -0.1) is 11.3 Å². The second-order valence-electron chi connectivity index (χ2n) is 6.63. The Balaban J connectivity index is 1.33. The van der Waals surface area contributed by atoms with E-state index in [4.69, 9.17) is 4.74 Å². The summed E-state index contributed by atoms with van der Waals surface area (Å²) in [7, 11) is 1.69. The van der Waals surface area contributed by atoms with Crippen molar-refractivity contribution in [3.63, 3.8) is 0 Å². The summed E-state index contributed by atoms with van der Waals surface area (Å²) in [5.41, 5.74) is 4.47. The Hall–Kier alpha value is -3.52. The van der Waals surface area contributed by atoms with Gasteiger partial charge in [0.2, 0.25) is 5.95 Å². The number of nitrogens with zero attached hydrogens (tertiary/aromatic N) is 5. The molecule has 144 valence electrons. The molecule has 1 aliphatic rings. The molecule has 0 unspecified atom stereocenters. The summed E-state index contributed by atoms with van der Waals surface area (Å²) in [6, 6.07) is 11.9. The summed E-state index contributed by atoms with van der Waals surface area (Å²) in [4.78, 5) is 20.0. The lowest BCUT2D eigenvalue weighted by atomic mass is 10.1. The Morgan fingerprint density at radius 2 is 1.86 bits per heavy atom. The molecule has 0 spiro atoms. The third-order valence-corrected chi connectivity index (χ3v) is 5.53. The van der Waals surface area contributed by atoms with E-state index in [0.29, 0.717) is 5.95 Å². The summed E-state index contributed by atoms with van der Waals surface area (Å²) < 4.78 is 5.33. The Labute approximate surface area is 172 Å². The molecule has 0 fully saturated rings. The quantitative estimate of drug-likeness (QED) is 0.534. The molecule has 0 atom stereocenters. The SMILES string of the molecule is COc1ccc2c(c1)CN(c1nccc(Nc3nc(-c4ccncc4)cs3)n1)C2. The molecule has 4 aromatic rings. The van der Waals surface area contributed by atoms with Gasteiger partial charge in [-0.05, 0) is 41.5 Å². The second kappa shape index (κ2) is 7.48. The molecule has 0 saturated heterocycles. The van der Waals surface area contributed by atoms with Crippen molar-refractivity contribution in [2.45, 2.75) is 13.1 Å². The summed E-state index contributed by atoms with van der Waals surface area (Å²) in [6.07, 6.45) is 5.30. The topological polar surface area (TPSA) is 76.1 Å². The molecule has 0 aliphatic carbocycles. The predicted octanol–water partition coefficient (Wildman–Crippen LogP) is 4.27. The van der Waals surface area contributed by atoms with Crippen LogP contribution in [0.1, 0.15) is 11.1 Å². The molecule has 0 bridgehead atoms. The normalized spacial score (nSPS) is 12.7. The average Bonchev–Trinajstić information content (AvgIpc) is 3.41. The van der Waals surface area contributed by atoms with E-state index in [1.54, 1.807) is 37.0 Å². The van der Waals surface area contributed by atoms with Crippen LogP contribution in [-0.2, 0) is 13.1 Å². The first kappa shape index (κ1) is 17.6. The Kier molecular flexibility index (Phi) is 4.53. The number of methoxy groups -OCH3 is 1. The molecule has 5 rings (SSSR count). The van der Waals surface area contributed by atoms with Gasteiger partial charge in [0.05, 0.1) is 12.8 Å². The summed E-state index contributed by atoms with van der Waals surface area (Å²) in [5.74, 6) is 2.28. The van der Waals surface area contributed by atoms with Crippen LogP contribution in [0.4, 0.5) is 16.9 Å². The van der Waals surface area contributed by atoms with Gasteiger partial charge in [0.25, 0.3) is 0 Å². The Morgan fingerprint density at radius 3 is 2.72 bits per heavy atom. The molecule has 0 saturated carbocycles. The standard InChI is InChI=1S/C21H18N6OS/c1-28-17-3-2-15-11-27(12-16(15)10-17)20-23-9-6-19(25-20)26-21-24-18(13-29-21)14-4-7-22-8-5-14/h2-10,13H,11-12H2,1H3,(H,23,24,25,26). The van der Waals surface area contributed by atoms with Gasteiger partial charge in [0.1, 0.15) is 11.6 Å². The highest BCUT2D eigenvalue weighted by molar-refractivity contribution is 7.14. The molecule has 1 aromatic carbocycles. The highest BCUT2D eigenvalue weighted by Crippen LogP contribution is 2.30. The van der Waals surface area contributed by atoms with Crippen LogP contribution in [0.15, 0.2) is 60.4 Å². The average molecular weight is 402 g/mol. The molecule has 0 radical (unpaired) electrons. The number of aromatic nitrogens is 4. The van der Waals surface area contributed by atoms with Crippen LogP contribution in [0.3, 0.4) is 0 Å². The van der Waals surface area contributed by atoms with Crippen molar-refractivity contribution in [2.75, 3.05) is 17.3 Å². The lowest BCUT2D eigenvalue weighted by molar-refractivity contribution is 0.414. The summed E-state index contributed by atoms with van der Waals surface area (Å²) in [6.45, 7) is 1.55. The van der Waals surface area contributed by atoms with E-state index < -0.39 is 0 Å². The van der Waals surface area contributed by atoms with Gasteiger partial charge in [0, 0.05) is 42.6 Å². The van der Waals surface area contributed by atoms with E-state index in [2.05, 4.69) is 42.3 Å². The number of thiazole rings is 1. The molecule has 4 heterocycles. The van der Waals surface area contributed by atoms with Crippen molar-refractivity contribution in [3.05, 3.63) is 71.5 Å². The highest BCUT2D eigenvalue weighted by Gasteiger charge is 2.22. The van der Waals surface area contributed by atoms with E-state index >= 15 is 0 Å². The van der Waals surface area contributed by atoms with Gasteiger partial charge in [0.15, 0.2) is 5.13 Å². The first-order chi connectivity index (χ1) is 14.3. The third kappa shape index (κ3) is 3.62. The Bertz CT molecular complexity index is 1150. The van der Waals surface area contributed by atoms with Crippen LogP contribution in [0.5, 0.6) is 5.75 Å². The second-order valence-corrected chi connectivity index (χ2v) is 7.49. The summed E-state index contributed by atoms with van der Waals surface area (Å²) >= 11 is 1.54. The number of rotatable bonds is 5. The first-order valence-electron chi connectivity index (χ1n) is 9.15. The number of ether oxygens (including phenoxy) is 1. The number of anilines is 3. The molecule has 8 heteroatoms. The van der Waals surface area contributed by atoms with Crippen molar-refractivity contribution in [3.8, 4) is 17.0 Å². The van der Waals surface area contributed by atoms with Crippen LogP contribution >= 0.6 is 11.3 Å². The van der Waals surface area contributed by atoms with E-state index in [9.17, 15) is 0 Å². The monoisotopic (exact) mass is 402 g/mol. The molecular weight excluding hydrogens is 384 g/mol. The number of benzene rings is 1. The molecule has 0 amide bonds. The molecule has 3 aromatic heterocycles. The van der Waals surface area contributed by atoms with Gasteiger partial charge in [-0.3, -0.25) is 4.98 Å². The van der Waals surface area contributed by atoms with Crippen molar-refractivity contribution < 1.29 is 4.74 Å². The number of fused-ring (bicyclic) bond motifs is 1. The molecule has 1 N–H and O–H groups in total. The van der Waals surface area contributed by atoms with E-state index in [1.807, 2.05) is 29.6 Å². The first-order valence-corrected chi connectivity index (χ1v) is 10.0. The van der Waals surface area contributed by atoms with Crippen LogP contribution in [0, 0.1) is 0 Å². The zero-order valence-electron chi connectivity index (χ0n) is 15.7. The molecule has 1 aliphatic heterocycles. The van der Waals surface area contributed by atoms with Gasteiger partial charge in [-0.25, -0.2) is 9.97 Å². The zero-order valence-corrected chi connectivity index (χ0v) is 16.6. The number of hydrogen-bond donors (Lipinski definition) is 1. The maximum atomic E-state index is 5.33. The minimum atomic E-state index is 0.691. The van der Waals surface area contributed by atoms with Crippen LogP contribution in [0.2, 0.25) is 0 Å². The fraction of sp³-hybridized carbons (Fsp3) is 0.143. The maximum Gasteiger partial charge on any atom is 0.227 e. The van der Waals surface area contributed by atoms with Gasteiger partial charge in [-0.2, -0.15) is 4.98 Å². The molecule has 7 nitrogen and oxygen atoms in total. The van der Waals surface area contributed by atoms with Crippen molar-refractivity contribution in [2.24, 2.45) is 0 Å². The van der Waals surface area contributed by atoms with E-state index in [1.165, 1.54) is 11.1 Å². The minimum absolute atomic E-state index is 0.691. The van der Waals surface area contributed by atoms with Crippen molar-refractivity contribution >= 4 is 28.2 Å². The largest absolute Gasteiger partial charge is 0.497 e. The fourth-order valence-electron chi connectivity index (χ4n) is 3.31. The number of hydrogen-bond acceptors (Lipinski definition) is 8.